The van der Waals surface area contributed by atoms with Crippen molar-refractivity contribution in [1.82, 2.24) is 4.90 Å². The summed E-state index contributed by atoms with van der Waals surface area (Å²) in [6.07, 6.45) is 4.22. The van der Waals surface area contributed by atoms with Crippen molar-refractivity contribution in [3.63, 3.8) is 0 Å². The largest absolute Gasteiger partial charge is 0.493 e. The number of rotatable bonds is 6. The maximum Gasteiger partial charge on any atom is 0.248 e. The molecule has 140 valence electrons. The van der Waals surface area contributed by atoms with E-state index >= 15 is 0 Å². The van der Waals surface area contributed by atoms with Crippen molar-refractivity contribution in [1.29, 1.82) is 0 Å². The van der Waals surface area contributed by atoms with Crippen LogP contribution in [0.2, 0.25) is 0 Å². The first-order valence-electron chi connectivity index (χ1n) is 9.15. The van der Waals surface area contributed by atoms with E-state index in [1.54, 1.807) is 17.9 Å². The molecule has 0 bridgehead atoms. The third-order valence-electron chi connectivity index (χ3n) is 4.60. The lowest BCUT2D eigenvalue weighted by atomic mass is 10.1. The maximum absolute atomic E-state index is 12.4. The summed E-state index contributed by atoms with van der Waals surface area (Å²) in [6, 6.07) is 13.5. The molecule has 27 heavy (non-hydrogen) atoms. The summed E-state index contributed by atoms with van der Waals surface area (Å²) in [5.74, 6) is 0.737. The van der Waals surface area contributed by atoms with E-state index in [-0.39, 0.29) is 11.8 Å². The van der Waals surface area contributed by atoms with Gasteiger partial charge in [-0.3, -0.25) is 9.59 Å². The summed E-state index contributed by atoms with van der Waals surface area (Å²) < 4.78 is 5.50. The lowest BCUT2D eigenvalue weighted by Crippen LogP contribution is -2.28. The van der Waals surface area contributed by atoms with Gasteiger partial charge in [-0.25, -0.2) is 0 Å². The van der Waals surface area contributed by atoms with Crippen molar-refractivity contribution in [2.75, 3.05) is 18.5 Å². The Morgan fingerprint density at radius 1 is 1.22 bits per heavy atom. The highest BCUT2D eigenvalue weighted by Crippen LogP contribution is 2.26. The number of ether oxygens (including phenoxy) is 1. The predicted octanol–water partition coefficient (Wildman–Crippen LogP) is 3.64. The molecule has 1 aliphatic rings. The summed E-state index contributed by atoms with van der Waals surface area (Å²) in [5.41, 5.74) is 3.77. The van der Waals surface area contributed by atoms with Crippen molar-refractivity contribution in [2.45, 2.75) is 26.8 Å². The topological polar surface area (TPSA) is 58.6 Å². The molecule has 5 nitrogen and oxygen atoms in total. The number of hydrogen-bond donors (Lipinski definition) is 1. The Balaban J connectivity index is 1.68. The van der Waals surface area contributed by atoms with Crippen LogP contribution in [0.3, 0.4) is 0 Å². The van der Waals surface area contributed by atoms with E-state index in [1.807, 2.05) is 49.4 Å². The molecular weight excluding hydrogens is 340 g/mol. The molecule has 0 fully saturated rings. The molecule has 0 spiro atoms. The molecule has 1 heterocycles. The van der Waals surface area contributed by atoms with Gasteiger partial charge < -0.3 is 15.0 Å². The van der Waals surface area contributed by atoms with E-state index in [0.29, 0.717) is 18.8 Å². The molecule has 0 atom stereocenters. The molecule has 2 aromatic carbocycles. The normalized spacial score (nSPS) is 12.5. The molecule has 2 amide bonds. The zero-order valence-electron chi connectivity index (χ0n) is 15.7. The molecule has 0 radical (unpaired) electrons. The van der Waals surface area contributed by atoms with E-state index in [0.717, 1.165) is 29.9 Å². The van der Waals surface area contributed by atoms with Crippen molar-refractivity contribution in [3.05, 3.63) is 65.2 Å². The molecule has 5 heteroatoms. The lowest BCUT2D eigenvalue weighted by Gasteiger charge is -2.20. The summed E-state index contributed by atoms with van der Waals surface area (Å²) in [4.78, 5) is 25.8. The Bertz CT molecular complexity index is 874. The van der Waals surface area contributed by atoms with Crippen LogP contribution in [0.1, 0.15) is 30.5 Å². The van der Waals surface area contributed by atoms with E-state index in [2.05, 4.69) is 5.32 Å². The Morgan fingerprint density at radius 3 is 2.81 bits per heavy atom. The van der Waals surface area contributed by atoms with Crippen LogP contribution in [0, 0.1) is 0 Å². The molecule has 0 saturated heterocycles. The van der Waals surface area contributed by atoms with Crippen molar-refractivity contribution >= 4 is 23.6 Å². The Kier molecular flexibility index (Phi) is 5.91. The van der Waals surface area contributed by atoms with Gasteiger partial charge in [0.25, 0.3) is 0 Å². The lowest BCUT2D eigenvalue weighted by molar-refractivity contribution is -0.129. The van der Waals surface area contributed by atoms with Gasteiger partial charge in [0.15, 0.2) is 0 Å². The minimum atomic E-state index is -0.204. The Hall–Kier alpha value is -3.08. The van der Waals surface area contributed by atoms with Crippen LogP contribution in [0.15, 0.2) is 48.5 Å². The number of carbonyl (C=O) groups is 2. The highest BCUT2D eigenvalue weighted by atomic mass is 16.5. The van der Waals surface area contributed by atoms with Crippen LogP contribution in [0.25, 0.3) is 6.08 Å². The fourth-order valence-corrected chi connectivity index (χ4v) is 3.09. The van der Waals surface area contributed by atoms with E-state index in [1.165, 1.54) is 11.6 Å². The number of fused-ring (bicyclic) bond motifs is 1. The van der Waals surface area contributed by atoms with Crippen molar-refractivity contribution in [2.24, 2.45) is 0 Å². The SMILES string of the molecule is CCN(Cc1ccccc1NC(=O)/C=C/c1ccc2c(c1)CCO2)C(C)=O. The van der Waals surface area contributed by atoms with E-state index < -0.39 is 0 Å². The van der Waals surface area contributed by atoms with Crippen molar-refractivity contribution < 1.29 is 14.3 Å². The quantitative estimate of drug-likeness (QED) is 0.796. The summed E-state index contributed by atoms with van der Waals surface area (Å²) in [5, 5.41) is 2.91. The molecule has 3 rings (SSSR count). The number of para-hydroxylation sites is 1. The second-order valence-corrected chi connectivity index (χ2v) is 6.48. The molecule has 1 aliphatic heterocycles. The van der Waals surface area contributed by atoms with E-state index in [9.17, 15) is 9.59 Å². The molecular formula is C22H24N2O3. The molecule has 2 aromatic rings. The van der Waals surface area contributed by atoms with Crippen LogP contribution >= 0.6 is 0 Å². The average molecular weight is 364 g/mol. The standard InChI is InChI=1S/C22H24N2O3/c1-3-24(16(2)25)15-19-6-4-5-7-20(19)23-22(26)11-9-17-8-10-21-18(14-17)12-13-27-21/h4-11,14H,3,12-13,15H2,1-2H3,(H,23,26)/b11-9+. The van der Waals surface area contributed by atoms with Crippen LogP contribution in [-0.4, -0.2) is 29.9 Å². The number of anilines is 1. The van der Waals surface area contributed by atoms with Gasteiger partial charge in [-0.05, 0) is 47.9 Å². The average Bonchev–Trinajstić information content (AvgIpc) is 3.13. The van der Waals surface area contributed by atoms with Gasteiger partial charge in [0.2, 0.25) is 11.8 Å². The van der Waals surface area contributed by atoms with Crippen LogP contribution in [-0.2, 0) is 22.6 Å². The Labute approximate surface area is 159 Å². The first-order chi connectivity index (χ1) is 13.1. The molecule has 0 aliphatic carbocycles. The van der Waals surface area contributed by atoms with Gasteiger partial charge in [0.05, 0.1) is 6.61 Å². The minimum absolute atomic E-state index is 0.0131. The second-order valence-electron chi connectivity index (χ2n) is 6.48. The highest BCUT2D eigenvalue weighted by Gasteiger charge is 2.12. The zero-order chi connectivity index (χ0) is 19.2. The second kappa shape index (κ2) is 8.54. The molecule has 0 unspecified atom stereocenters. The van der Waals surface area contributed by atoms with Crippen LogP contribution in [0.5, 0.6) is 5.75 Å². The van der Waals surface area contributed by atoms with Crippen molar-refractivity contribution in [3.8, 4) is 5.75 Å². The monoisotopic (exact) mass is 364 g/mol. The van der Waals surface area contributed by atoms with Crippen LogP contribution in [0.4, 0.5) is 5.69 Å². The first kappa shape index (κ1) is 18.7. The smallest absolute Gasteiger partial charge is 0.248 e. The van der Waals surface area contributed by atoms with Gasteiger partial charge in [-0.2, -0.15) is 0 Å². The molecule has 0 aromatic heterocycles. The van der Waals surface area contributed by atoms with Gasteiger partial charge >= 0.3 is 0 Å². The van der Waals surface area contributed by atoms with Gasteiger partial charge in [0.1, 0.15) is 5.75 Å². The van der Waals surface area contributed by atoms with Gasteiger partial charge in [-0.15, -0.1) is 0 Å². The zero-order valence-corrected chi connectivity index (χ0v) is 15.7. The number of hydrogen-bond acceptors (Lipinski definition) is 3. The number of nitrogens with one attached hydrogen (secondary N) is 1. The van der Waals surface area contributed by atoms with Gasteiger partial charge in [-0.1, -0.05) is 24.3 Å². The molecule has 0 saturated carbocycles. The fraction of sp³-hybridized carbons (Fsp3) is 0.273. The van der Waals surface area contributed by atoms with Gasteiger partial charge in [0, 0.05) is 38.2 Å². The summed E-state index contributed by atoms with van der Waals surface area (Å²) in [6.45, 7) is 5.30. The summed E-state index contributed by atoms with van der Waals surface area (Å²) >= 11 is 0. The highest BCUT2D eigenvalue weighted by molar-refractivity contribution is 6.02. The van der Waals surface area contributed by atoms with Crippen LogP contribution < -0.4 is 10.1 Å². The number of carbonyl (C=O) groups excluding carboxylic acids is 2. The third kappa shape index (κ3) is 4.76. The Morgan fingerprint density at radius 2 is 2.04 bits per heavy atom. The summed E-state index contributed by atoms with van der Waals surface area (Å²) in [7, 11) is 0. The number of amides is 2. The minimum Gasteiger partial charge on any atom is -0.493 e. The fourth-order valence-electron chi connectivity index (χ4n) is 3.09. The maximum atomic E-state index is 12.4. The third-order valence-corrected chi connectivity index (χ3v) is 4.60. The number of benzene rings is 2. The first-order valence-corrected chi connectivity index (χ1v) is 9.15. The predicted molar refractivity (Wildman–Crippen MR) is 107 cm³/mol. The number of nitrogens with zero attached hydrogens (tertiary/aromatic N) is 1. The molecule has 1 N–H and O–H groups in total. The van der Waals surface area contributed by atoms with E-state index in [4.69, 9.17) is 4.74 Å².